The number of fused-ring (bicyclic) bond motifs is 1. The van der Waals surface area contributed by atoms with E-state index in [1.54, 1.807) is 6.07 Å². The quantitative estimate of drug-likeness (QED) is 0.690. The van der Waals surface area contributed by atoms with Gasteiger partial charge in [0, 0.05) is 29.6 Å². The number of rotatable bonds is 3. The van der Waals surface area contributed by atoms with Gasteiger partial charge in [-0.05, 0) is 23.8 Å². The van der Waals surface area contributed by atoms with E-state index in [1.165, 1.54) is 24.5 Å². The number of hydrogen-bond donors (Lipinski definition) is 1. The number of nitrogens with two attached hydrogens (primary N) is 1. The third-order valence-electron chi connectivity index (χ3n) is 5.29. The third-order valence-corrected chi connectivity index (χ3v) is 6.20. The third kappa shape index (κ3) is 3.82. The van der Waals surface area contributed by atoms with Crippen LogP contribution in [-0.2, 0) is 10.3 Å². The van der Waals surface area contributed by atoms with Gasteiger partial charge >= 0.3 is 6.18 Å². The van der Waals surface area contributed by atoms with Gasteiger partial charge in [-0.1, -0.05) is 17.8 Å². The fourth-order valence-electron chi connectivity index (χ4n) is 3.87. The van der Waals surface area contributed by atoms with Crippen molar-refractivity contribution in [1.29, 1.82) is 5.26 Å². The molecule has 12 heteroatoms. The highest BCUT2D eigenvalue weighted by Gasteiger charge is 2.61. The summed E-state index contributed by atoms with van der Waals surface area (Å²) in [6.07, 6.45) is -3.39. The van der Waals surface area contributed by atoms with E-state index in [-0.39, 0.29) is 33.4 Å². The monoisotopic (exact) mass is 467 g/mol. The lowest BCUT2D eigenvalue weighted by Crippen LogP contribution is -2.46. The van der Waals surface area contributed by atoms with Crippen LogP contribution in [0.15, 0.2) is 35.6 Å². The first-order valence-corrected chi connectivity index (χ1v) is 10.2. The van der Waals surface area contributed by atoms with Crippen LogP contribution in [0.4, 0.5) is 22.0 Å². The van der Waals surface area contributed by atoms with Crippen LogP contribution >= 0.6 is 11.8 Å². The van der Waals surface area contributed by atoms with Crippen molar-refractivity contribution in [2.75, 3.05) is 12.4 Å². The van der Waals surface area contributed by atoms with Crippen molar-refractivity contribution in [3.8, 4) is 6.07 Å². The lowest BCUT2D eigenvalue weighted by Gasteiger charge is -2.36. The molecule has 0 aliphatic carbocycles. The molecule has 2 aliphatic heterocycles. The molecule has 3 heterocycles. The average molecular weight is 467 g/mol. The zero-order valence-electron chi connectivity index (χ0n) is 16.1. The van der Waals surface area contributed by atoms with E-state index in [2.05, 4.69) is 15.0 Å². The van der Waals surface area contributed by atoms with E-state index in [0.717, 1.165) is 23.9 Å². The van der Waals surface area contributed by atoms with Crippen LogP contribution in [0.2, 0.25) is 0 Å². The number of alkyl halides is 3. The number of aromatic nitrogens is 2. The number of aliphatic imine (C=N–C) groups is 1. The van der Waals surface area contributed by atoms with E-state index in [9.17, 15) is 22.0 Å². The Morgan fingerprint density at radius 3 is 2.78 bits per heavy atom. The molecular formula is C20H14F5N5OS. The Bertz CT molecular complexity index is 1160. The van der Waals surface area contributed by atoms with Gasteiger partial charge < -0.3 is 10.5 Å². The maximum Gasteiger partial charge on any atom is 0.415 e. The van der Waals surface area contributed by atoms with E-state index < -0.39 is 42.0 Å². The second-order valence-corrected chi connectivity index (χ2v) is 8.20. The minimum absolute atomic E-state index is 0.0115. The molecule has 2 aromatic rings. The summed E-state index contributed by atoms with van der Waals surface area (Å²) in [5.74, 6) is -3.03. The van der Waals surface area contributed by atoms with Gasteiger partial charge in [-0.25, -0.2) is 23.7 Å². The Hall–Kier alpha value is -3.04. The summed E-state index contributed by atoms with van der Waals surface area (Å²) in [4.78, 5) is 11.7. The summed E-state index contributed by atoms with van der Waals surface area (Å²) in [5, 5.41) is 9.08. The number of benzene rings is 1. The van der Waals surface area contributed by atoms with Gasteiger partial charge in [0.05, 0.1) is 6.61 Å². The first kappa shape index (κ1) is 22.2. The molecule has 1 aromatic carbocycles. The van der Waals surface area contributed by atoms with Crippen LogP contribution in [0.5, 0.6) is 0 Å². The largest absolute Gasteiger partial charge is 0.415 e. The average Bonchev–Trinajstić information content (AvgIpc) is 3.15. The molecular weight excluding hydrogens is 453 g/mol. The molecule has 1 fully saturated rings. The maximum atomic E-state index is 14.9. The highest BCUT2D eigenvalue weighted by molar-refractivity contribution is 8.13. The molecule has 0 unspecified atom stereocenters. The SMILES string of the molecule is N#Cc1nccnc1/C(F)=C/c1ccc(F)c([C@]23CO[C@H](C(F)(F)F)[C@H]2CSC(N)=N3)c1. The topological polar surface area (TPSA) is 97.2 Å². The summed E-state index contributed by atoms with van der Waals surface area (Å²) in [6.45, 7) is -0.529. The fraction of sp³-hybridized carbons (Fsp3) is 0.300. The Morgan fingerprint density at radius 1 is 1.31 bits per heavy atom. The van der Waals surface area contributed by atoms with Crippen molar-refractivity contribution in [3.05, 3.63) is 58.9 Å². The molecule has 0 radical (unpaired) electrons. The molecule has 1 saturated heterocycles. The normalized spacial score (nSPS) is 25.8. The number of halogens is 5. The zero-order chi connectivity index (χ0) is 23.1. The van der Waals surface area contributed by atoms with Crippen molar-refractivity contribution in [3.63, 3.8) is 0 Å². The predicted molar refractivity (Wildman–Crippen MR) is 107 cm³/mol. The van der Waals surface area contributed by atoms with Gasteiger partial charge in [-0.2, -0.15) is 18.4 Å². The van der Waals surface area contributed by atoms with E-state index in [1.807, 2.05) is 0 Å². The standard InChI is InChI=1S/C20H14F5N5OS/c21-13-2-1-10(6-14(22)16-15(7-26)28-3-4-29-16)5-11(13)19-9-31-17(20(23,24)25)12(19)8-32-18(27)30-19/h1-6,12,17H,8-9H2,(H2,27,30)/b14-6-/t12-,17+,19-/m1/s1. The first-order chi connectivity index (χ1) is 15.2. The first-order valence-electron chi connectivity index (χ1n) is 9.21. The second-order valence-electron chi connectivity index (χ2n) is 7.16. The van der Waals surface area contributed by atoms with Crippen LogP contribution in [-0.4, -0.2) is 39.8 Å². The van der Waals surface area contributed by atoms with Crippen LogP contribution < -0.4 is 5.73 Å². The minimum atomic E-state index is -4.67. The molecule has 0 amide bonds. The number of nitrogens with zero attached hydrogens (tertiary/aromatic N) is 4. The number of hydrogen-bond acceptors (Lipinski definition) is 7. The molecule has 0 spiro atoms. The van der Waals surface area contributed by atoms with E-state index >= 15 is 0 Å². The van der Waals surface area contributed by atoms with Gasteiger partial charge in [-0.3, -0.25) is 0 Å². The summed E-state index contributed by atoms with van der Waals surface area (Å²) in [5.41, 5.74) is 3.46. The summed E-state index contributed by atoms with van der Waals surface area (Å²) >= 11 is 0.937. The Morgan fingerprint density at radius 2 is 2.06 bits per heavy atom. The van der Waals surface area contributed by atoms with Gasteiger partial charge in [0.15, 0.2) is 22.8 Å². The van der Waals surface area contributed by atoms with Gasteiger partial charge in [0.2, 0.25) is 0 Å². The Balaban J connectivity index is 1.80. The van der Waals surface area contributed by atoms with Crippen LogP contribution in [0.3, 0.4) is 0 Å². The molecule has 32 heavy (non-hydrogen) atoms. The Labute approximate surface area is 183 Å². The predicted octanol–water partition coefficient (Wildman–Crippen LogP) is 3.79. The molecule has 2 aliphatic rings. The number of amidine groups is 1. The zero-order valence-corrected chi connectivity index (χ0v) is 16.9. The maximum absolute atomic E-state index is 14.9. The summed E-state index contributed by atoms with van der Waals surface area (Å²) < 4.78 is 75.3. The molecule has 166 valence electrons. The lowest BCUT2D eigenvalue weighted by atomic mass is 9.78. The Kier molecular flexibility index (Phi) is 5.64. The van der Waals surface area contributed by atoms with Gasteiger partial charge in [-0.15, -0.1) is 0 Å². The number of ether oxygens (including phenoxy) is 1. The van der Waals surface area contributed by atoms with Crippen LogP contribution in [0.25, 0.3) is 11.9 Å². The molecule has 2 N–H and O–H groups in total. The van der Waals surface area contributed by atoms with E-state index in [0.29, 0.717) is 0 Å². The molecule has 0 bridgehead atoms. The van der Waals surface area contributed by atoms with Crippen LogP contribution in [0.1, 0.15) is 22.5 Å². The van der Waals surface area contributed by atoms with Crippen molar-refractivity contribution < 1.29 is 26.7 Å². The summed E-state index contributed by atoms with van der Waals surface area (Å²) in [7, 11) is 0. The molecule has 4 rings (SSSR count). The number of thioether (sulfide) groups is 1. The molecule has 0 saturated carbocycles. The van der Waals surface area contributed by atoms with Crippen molar-refractivity contribution in [2.24, 2.45) is 16.6 Å². The van der Waals surface area contributed by atoms with Gasteiger partial charge in [0.25, 0.3) is 0 Å². The molecule has 1 aromatic heterocycles. The molecule has 6 nitrogen and oxygen atoms in total. The van der Waals surface area contributed by atoms with Crippen molar-refractivity contribution >= 4 is 28.8 Å². The molecule has 3 atom stereocenters. The van der Waals surface area contributed by atoms with Crippen molar-refractivity contribution in [1.82, 2.24) is 9.97 Å². The van der Waals surface area contributed by atoms with E-state index in [4.69, 9.17) is 15.7 Å². The van der Waals surface area contributed by atoms with Gasteiger partial charge in [0.1, 0.15) is 23.1 Å². The highest BCUT2D eigenvalue weighted by atomic mass is 32.2. The number of nitriles is 1. The van der Waals surface area contributed by atoms with Crippen molar-refractivity contribution in [2.45, 2.75) is 17.8 Å². The van der Waals surface area contributed by atoms with Crippen LogP contribution in [0, 0.1) is 23.1 Å². The summed E-state index contributed by atoms with van der Waals surface area (Å²) in [6, 6.07) is 5.18. The lowest BCUT2D eigenvalue weighted by molar-refractivity contribution is -0.215. The minimum Gasteiger partial charge on any atom is -0.379 e. The second kappa shape index (κ2) is 8.14. The fourth-order valence-corrected chi connectivity index (χ4v) is 4.90. The highest BCUT2D eigenvalue weighted by Crippen LogP contribution is 2.51. The smallest absolute Gasteiger partial charge is 0.379 e.